The Morgan fingerprint density at radius 3 is 2.55 bits per heavy atom. The Morgan fingerprint density at radius 1 is 1.25 bits per heavy atom. The Labute approximate surface area is 116 Å². The number of hydrogen-bond acceptors (Lipinski definition) is 4. The maximum Gasteiger partial charge on any atom is 0.329 e. The number of likely N-dealkylation sites (tertiary alicyclic amines) is 1. The molecule has 0 bridgehead atoms. The van der Waals surface area contributed by atoms with Gasteiger partial charge in [0.1, 0.15) is 13.2 Å². The van der Waals surface area contributed by atoms with Crippen LogP contribution in [0.3, 0.4) is 0 Å². The van der Waals surface area contributed by atoms with Gasteiger partial charge >= 0.3 is 12.0 Å². The van der Waals surface area contributed by atoms with Gasteiger partial charge in [0.2, 0.25) is 5.91 Å². The highest BCUT2D eigenvalue weighted by Crippen LogP contribution is 2.15. The first-order valence-electron chi connectivity index (χ1n) is 6.70. The van der Waals surface area contributed by atoms with Crippen molar-refractivity contribution in [2.24, 2.45) is 0 Å². The summed E-state index contributed by atoms with van der Waals surface area (Å²) in [5.74, 6) is -1.12. The van der Waals surface area contributed by atoms with Crippen LogP contribution in [0, 0.1) is 0 Å². The predicted molar refractivity (Wildman–Crippen MR) is 68.2 cm³/mol. The van der Waals surface area contributed by atoms with Crippen molar-refractivity contribution < 1.29 is 24.2 Å². The lowest BCUT2D eigenvalue weighted by Gasteiger charge is -2.36. The molecule has 3 amide bonds. The van der Waals surface area contributed by atoms with Crippen molar-refractivity contribution in [3.63, 3.8) is 0 Å². The summed E-state index contributed by atoms with van der Waals surface area (Å²) in [5, 5.41) is 11.2. The Balaban J connectivity index is 1.76. The van der Waals surface area contributed by atoms with Crippen molar-refractivity contribution in [2.75, 3.05) is 39.3 Å². The Kier molecular flexibility index (Phi) is 4.78. The molecule has 0 aliphatic carbocycles. The largest absolute Gasteiger partial charge is 0.480 e. The molecule has 2 rings (SSSR count). The van der Waals surface area contributed by atoms with E-state index in [1.165, 1.54) is 4.90 Å². The van der Waals surface area contributed by atoms with Crippen molar-refractivity contribution >= 4 is 17.9 Å². The van der Waals surface area contributed by atoms with Crippen LogP contribution in [-0.4, -0.2) is 78.2 Å². The number of piperazine rings is 1. The number of carbonyl (C=O) groups excluding carboxylic acids is 2. The van der Waals surface area contributed by atoms with Crippen LogP contribution in [0.4, 0.5) is 4.79 Å². The molecule has 20 heavy (non-hydrogen) atoms. The smallest absolute Gasteiger partial charge is 0.329 e. The van der Waals surface area contributed by atoms with E-state index in [1.54, 1.807) is 4.90 Å². The summed E-state index contributed by atoms with van der Waals surface area (Å²) >= 11 is 0. The van der Waals surface area contributed by atoms with Crippen molar-refractivity contribution in [3.8, 4) is 0 Å². The molecule has 0 atom stereocenters. The van der Waals surface area contributed by atoms with Crippen LogP contribution >= 0.6 is 0 Å². The molecule has 2 fully saturated rings. The number of hydrogen-bond donors (Lipinski definition) is 2. The quantitative estimate of drug-likeness (QED) is 0.700. The Bertz CT molecular complexity index is 393. The van der Waals surface area contributed by atoms with Gasteiger partial charge in [-0.3, -0.25) is 4.79 Å². The van der Waals surface area contributed by atoms with Gasteiger partial charge in [-0.15, -0.1) is 0 Å². The molecular formula is C12H19N3O5. The second kappa shape index (κ2) is 6.56. The number of nitrogens with one attached hydrogen (secondary N) is 1. The molecule has 2 N–H and O–H groups in total. The number of nitrogens with zero attached hydrogens (tertiary/aromatic N) is 2. The molecule has 112 valence electrons. The van der Waals surface area contributed by atoms with E-state index in [0.29, 0.717) is 39.0 Å². The van der Waals surface area contributed by atoms with Gasteiger partial charge in [-0.1, -0.05) is 0 Å². The number of piperidine rings is 1. The van der Waals surface area contributed by atoms with E-state index in [9.17, 15) is 14.4 Å². The van der Waals surface area contributed by atoms with Gasteiger partial charge in [0.05, 0.1) is 6.10 Å². The van der Waals surface area contributed by atoms with E-state index < -0.39 is 5.97 Å². The molecule has 8 nitrogen and oxygen atoms in total. The number of ether oxygens (including phenoxy) is 1. The van der Waals surface area contributed by atoms with Gasteiger partial charge in [0.25, 0.3) is 0 Å². The summed E-state index contributed by atoms with van der Waals surface area (Å²) in [6.07, 6.45) is 1.14. The van der Waals surface area contributed by atoms with E-state index in [-0.39, 0.29) is 31.2 Å². The first-order valence-corrected chi connectivity index (χ1v) is 6.70. The molecular weight excluding hydrogens is 266 g/mol. The molecule has 2 aliphatic rings. The summed E-state index contributed by atoms with van der Waals surface area (Å²) in [4.78, 5) is 37.1. The lowest BCUT2D eigenvalue weighted by molar-refractivity contribution is -0.145. The van der Waals surface area contributed by atoms with Crippen molar-refractivity contribution in [1.29, 1.82) is 0 Å². The predicted octanol–water partition coefficient (Wildman–Crippen LogP) is -0.896. The van der Waals surface area contributed by atoms with Gasteiger partial charge in [-0.2, -0.15) is 0 Å². The van der Waals surface area contributed by atoms with E-state index in [0.717, 1.165) is 0 Å². The van der Waals surface area contributed by atoms with Crippen LogP contribution in [0.15, 0.2) is 0 Å². The lowest BCUT2D eigenvalue weighted by atomic mass is 10.1. The minimum atomic E-state index is -0.983. The zero-order chi connectivity index (χ0) is 14.5. The molecule has 0 aromatic carbocycles. The van der Waals surface area contributed by atoms with E-state index in [1.807, 2.05) is 0 Å². The zero-order valence-corrected chi connectivity index (χ0v) is 11.2. The third-order valence-corrected chi connectivity index (χ3v) is 3.46. The maximum absolute atomic E-state index is 12.2. The average Bonchev–Trinajstić information content (AvgIpc) is 2.45. The molecule has 0 unspecified atom stereocenters. The SMILES string of the molecule is O=C(O)COC1CCN(C(=O)N2CCNC(=O)C2)CC1. The van der Waals surface area contributed by atoms with E-state index >= 15 is 0 Å². The fourth-order valence-electron chi connectivity index (χ4n) is 2.40. The van der Waals surface area contributed by atoms with Gasteiger partial charge in [-0.05, 0) is 12.8 Å². The monoisotopic (exact) mass is 285 g/mol. The van der Waals surface area contributed by atoms with Crippen LogP contribution in [0.25, 0.3) is 0 Å². The van der Waals surface area contributed by atoms with Crippen LogP contribution < -0.4 is 5.32 Å². The molecule has 2 saturated heterocycles. The highest BCUT2D eigenvalue weighted by molar-refractivity contribution is 5.85. The second-order valence-corrected chi connectivity index (χ2v) is 4.95. The number of carboxylic acids is 1. The van der Waals surface area contributed by atoms with E-state index in [2.05, 4.69) is 5.32 Å². The van der Waals surface area contributed by atoms with Gasteiger partial charge in [0, 0.05) is 26.2 Å². The summed E-state index contributed by atoms with van der Waals surface area (Å²) in [5.41, 5.74) is 0. The zero-order valence-electron chi connectivity index (χ0n) is 11.2. The number of rotatable bonds is 3. The Hall–Kier alpha value is -1.83. The molecule has 0 saturated carbocycles. The number of amides is 3. The maximum atomic E-state index is 12.2. The highest BCUT2D eigenvalue weighted by Gasteiger charge is 2.29. The van der Waals surface area contributed by atoms with Crippen LogP contribution in [0.2, 0.25) is 0 Å². The first kappa shape index (κ1) is 14.6. The third-order valence-electron chi connectivity index (χ3n) is 3.46. The molecule has 0 spiro atoms. The fraction of sp³-hybridized carbons (Fsp3) is 0.750. The fourth-order valence-corrected chi connectivity index (χ4v) is 2.40. The topological polar surface area (TPSA) is 99.2 Å². The van der Waals surface area contributed by atoms with Crippen LogP contribution in [0.5, 0.6) is 0 Å². The minimum absolute atomic E-state index is 0.105. The van der Waals surface area contributed by atoms with Gasteiger partial charge in [0.15, 0.2) is 0 Å². The Morgan fingerprint density at radius 2 is 1.95 bits per heavy atom. The summed E-state index contributed by atoms with van der Waals surface area (Å²) in [6, 6.07) is -0.128. The van der Waals surface area contributed by atoms with Crippen molar-refractivity contribution in [2.45, 2.75) is 18.9 Å². The molecule has 8 heteroatoms. The van der Waals surface area contributed by atoms with Crippen molar-refractivity contribution in [1.82, 2.24) is 15.1 Å². The summed E-state index contributed by atoms with van der Waals surface area (Å²) in [7, 11) is 0. The van der Waals surface area contributed by atoms with E-state index in [4.69, 9.17) is 9.84 Å². The average molecular weight is 285 g/mol. The lowest BCUT2D eigenvalue weighted by Crippen LogP contribution is -2.55. The number of urea groups is 1. The number of carboxylic acid groups (broad SMARTS) is 1. The van der Waals surface area contributed by atoms with Gasteiger partial charge in [-0.25, -0.2) is 9.59 Å². The number of aliphatic carboxylic acids is 1. The molecule has 2 aliphatic heterocycles. The normalized spacial score (nSPS) is 20.7. The summed E-state index contributed by atoms with van der Waals surface area (Å²) < 4.78 is 5.22. The van der Waals surface area contributed by atoms with Crippen LogP contribution in [0.1, 0.15) is 12.8 Å². The standard InChI is InChI=1S/C12H19N3O5/c16-10-7-15(6-3-13-10)12(19)14-4-1-9(2-5-14)20-8-11(17)18/h9H,1-8H2,(H,13,16)(H,17,18). The van der Waals surface area contributed by atoms with Crippen LogP contribution in [-0.2, 0) is 14.3 Å². The second-order valence-electron chi connectivity index (χ2n) is 4.95. The molecule has 2 heterocycles. The summed E-state index contributed by atoms with van der Waals surface area (Å²) in [6.45, 7) is 1.88. The first-order chi connectivity index (χ1) is 9.56. The highest BCUT2D eigenvalue weighted by atomic mass is 16.5. The molecule has 0 aromatic rings. The minimum Gasteiger partial charge on any atom is -0.480 e. The van der Waals surface area contributed by atoms with Gasteiger partial charge < -0.3 is 25.0 Å². The third kappa shape index (κ3) is 3.83. The molecule has 0 aromatic heterocycles. The molecule has 0 radical (unpaired) electrons. The number of carbonyl (C=O) groups is 3. The van der Waals surface area contributed by atoms with Crippen molar-refractivity contribution in [3.05, 3.63) is 0 Å².